The predicted octanol–water partition coefficient (Wildman–Crippen LogP) is 4.07. The molecule has 0 amide bonds. The molecule has 1 heterocycles. The molecule has 0 atom stereocenters. The lowest BCUT2D eigenvalue weighted by molar-refractivity contribution is 0.298. The van der Waals surface area contributed by atoms with Gasteiger partial charge < -0.3 is 5.11 Å². The van der Waals surface area contributed by atoms with Crippen LogP contribution < -0.4 is 5.56 Å². The Morgan fingerprint density at radius 2 is 1.89 bits per heavy atom. The normalized spacial score (nSPS) is 11.0. The maximum Gasteiger partial charge on any atom is 0.257 e. The number of aromatic nitrogens is 2. The maximum atomic E-state index is 13.2. The fourth-order valence-corrected chi connectivity index (χ4v) is 3.43. The third kappa shape index (κ3) is 4.12. The third-order valence-corrected chi connectivity index (χ3v) is 4.98. The number of halogens is 1. The van der Waals surface area contributed by atoms with Crippen molar-refractivity contribution in [2.24, 2.45) is 0 Å². The average molecular weight is 383 g/mol. The molecule has 3 aromatic rings. The summed E-state index contributed by atoms with van der Waals surface area (Å²) >= 11 is 6.17. The fourth-order valence-electron chi connectivity index (χ4n) is 3.24. The molecule has 0 spiro atoms. The first kappa shape index (κ1) is 19.3. The van der Waals surface area contributed by atoms with Gasteiger partial charge in [-0.05, 0) is 44.0 Å². The Bertz CT molecular complexity index is 1040. The molecule has 0 unspecified atom stereocenters. The molecule has 0 saturated heterocycles. The molecule has 1 N–H and O–H groups in total. The number of aryl methyl sites for hydroxylation is 3. The van der Waals surface area contributed by atoms with E-state index in [-0.39, 0.29) is 12.2 Å². The molecule has 0 bridgehead atoms. The molecule has 4 nitrogen and oxygen atoms in total. The van der Waals surface area contributed by atoms with E-state index >= 15 is 0 Å². The number of nitrogens with zero attached hydrogens (tertiary/aromatic N) is 2. The van der Waals surface area contributed by atoms with E-state index in [9.17, 15) is 9.90 Å². The molecule has 27 heavy (non-hydrogen) atoms. The quantitative estimate of drug-likeness (QED) is 0.723. The van der Waals surface area contributed by atoms with Gasteiger partial charge in [0.1, 0.15) is 5.82 Å². The van der Waals surface area contributed by atoms with E-state index in [4.69, 9.17) is 16.6 Å². The molecule has 0 fully saturated rings. The van der Waals surface area contributed by atoms with Crippen LogP contribution in [-0.2, 0) is 13.0 Å². The summed E-state index contributed by atoms with van der Waals surface area (Å²) in [6.45, 7) is 6.21. The molecule has 1 aromatic heterocycles. The van der Waals surface area contributed by atoms with Crippen LogP contribution in [0.15, 0.2) is 47.3 Å². The van der Waals surface area contributed by atoms with Gasteiger partial charge in [0.25, 0.3) is 5.56 Å². The minimum Gasteiger partial charge on any atom is -0.396 e. The van der Waals surface area contributed by atoms with E-state index in [1.54, 1.807) is 10.6 Å². The van der Waals surface area contributed by atoms with Gasteiger partial charge in [-0.1, -0.05) is 47.5 Å². The Morgan fingerprint density at radius 1 is 1.11 bits per heavy atom. The highest BCUT2D eigenvalue weighted by Crippen LogP contribution is 2.23. The molecule has 0 aliphatic carbocycles. The number of hydrogen-bond donors (Lipinski definition) is 1. The van der Waals surface area contributed by atoms with Crippen molar-refractivity contribution in [1.82, 2.24) is 9.55 Å². The Morgan fingerprint density at radius 3 is 2.59 bits per heavy atom. The monoisotopic (exact) mass is 382 g/mol. The molecule has 2 aromatic carbocycles. The SMILES string of the molecule is Cc1ccc(C)c(Cn2c(-c3cccc(Cl)c3)nc(C)c(CCO)c2=O)c1. The second-order valence-electron chi connectivity index (χ2n) is 6.80. The van der Waals surface area contributed by atoms with E-state index in [1.807, 2.05) is 39.0 Å². The number of benzene rings is 2. The third-order valence-electron chi connectivity index (χ3n) is 4.75. The van der Waals surface area contributed by atoms with Crippen LogP contribution in [0, 0.1) is 20.8 Å². The molecule has 0 aliphatic rings. The summed E-state index contributed by atoms with van der Waals surface area (Å²) in [4.78, 5) is 17.9. The highest BCUT2D eigenvalue weighted by Gasteiger charge is 2.16. The van der Waals surface area contributed by atoms with Gasteiger partial charge in [0.2, 0.25) is 0 Å². The Labute approximate surface area is 164 Å². The van der Waals surface area contributed by atoms with Crippen molar-refractivity contribution in [3.8, 4) is 11.4 Å². The Kier molecular flexibility index (Phi) is 5.78. The van der Waals surface area contributed by atoms with E-state index in [0.717, 1.165) is 22.3 Å². The van der Waals surface area contributed by atoms with Crippen molar-refractivity contribution >= 4 is 11.6 Å². The number of aliphatic hydroxyl groups is 1. The van der Waals surface area contributed by atoms with Crippen LogP contribution in [0.1, 0.15) is 27.9 Å². The first-order chi connectivity index (χ1) is 12.9. The van der Waals surface area contributed by atoms with Crippen LogP contribution >= 0.6 is 11.6 Å². The lowest BCUT2D eigenvalue weighted by Gasteiger charge is -2.17. The minimum absolute atomic E-state index is 0.0856. The van der Waals surface area contributed by atoms with Gasteiger partial charge in [-0.2, -0.15) is 0 Å². The van der Waals surface area contributed by atoms with Crippen molar-refractivity contribution in [3.05, 3.63) is 85.8 Å². The highest BCUT2D eigenvalue weighted by atomic mass is 35.5. The highest BCUT2D eigenvalue weighted by molar-refractivity contribution is 6.30. The molecule has 3 rings (SSSR count). The average Bonchev–Trinajstić information content (AvgIpc) is 2.63. The van der Waals surface area contributed by atoms with Crippen molar-refractivity contribution in [2.45, 2.75) is 33.7 Å². The zero-order valence-corrected chi connectivity index (χ0v) is 16.5. The van der Waals surface area contributed by atoms with Crippen LogP contribution in [0.4, 0.5) is 0 Å². The molecule has 0 aliphatic heterocycles. The molecule has 5 heteroatoms. The lowest BCUT2D eigenvalue weighted by atomic mass is 10.0. The second kappa shape index (κ2) is 8.07. The van der Waals surface area contributed by atoms with E-state index in [1.165, 1.54) is 0 Å². The minimum atomic E-state index is -0.118. The Hall–Kier alpha value is -2.43. The van der Waals surface area contributed by atoms with Crippen LogP contribution in [0.25, 0.3) is 11.4 Å². The summed E-state index contributed by atoms with van der Waals surface area (Å²) in [5.74, 6) is 0.586. The van der Waals surface area contributed by atoms with Gasteiger partial charge in [0, 0.05) is 34.9 Å². The predicted molar refractivity (Wildman–Crippen MR) is 109 cm³/mol. The molecular weight excluding hydrogens is 360 g/mol. The summed E-state index contributed by atoms with van der Waals surface area (Å²) in [5, 5.41) is 9.95. The summed E-state index contributed by atoms with van der Waals surface area (Å²) in [6.07, 6.45) is 0.292. The van der Waals surface area contributed by atoms with E-state index in [2.05, 4.69) is 18.2 Å². The van der Waals surface area contributed by atoms with E-state index < -0.39 is 0 Å². The topological polar surface area (TPSA) is 55.1 Å². The van der Waals surface area contributed by atoms with Gasteiger partial charge in [-0.15, -0.1) is 0 Å². The number of aliphatic hydroxyl groups excluding tert-OH is 1. The smallest absolute Gasteiger partial charge is 0.257 e. The van der Waals surface area contributed by atoms with Gasteiger partial charge in [0.05, 0.1) is 6.54 Å². The zero-order chi connectivity index (χ0) is 19.6. The van der Waals surface area contributed by atoms with Crippen LogP contribution in [0.3, 0.4) is 0 Å². The summed E-state index contributed by atoms with van der Waals surface area (Å²) in [7, 11) is 0. The van der Waals surface area contributed by atoms with Crippen molar-refractivity contribution in [2.75, 3.05) is 6.61 Å². The first-order valence-electron chi connectivity index (χ1n) is 8.94. The fraction of sp³-hybridized carbons (Fsp3) is 0.273. The lowest BCUT2D eigenvalue weighted by Crippen LogP contribution is -2.29. The molecule has 140 valence electrons. The Balaban J connectivity index is 2.24. The van der Waals surface area contributed by atoms with Crippen LogP contribution in [0.2, 0.25) is 5.02 Å². The summed E-state index contributed by atoms with van der Waals surface area (Å²) in [5.41, 5.74) is 5.20. The van der Waals surface area contributed by atoms with Crippen molar-refractivity contribution in [1.29, 1.82) is 0 Å². The standard InChI is InChI=1S/C22H23ClN2O2/c1-14-7-8-15(2)18(11-14)13-25-21(17-5-4-6-19(23)12-17)24-16(3)20(9-10-26)22(25)27/h4-8,11-12,26H,9-10,13H2,1-3H3. The number of rotatable bonds is 5. The summed E-state index contributed by atoms with van der Waals surface area (Å²) < 4.78 is 1.69. The number of hydrogen-bond acceptors (Lipinski definition) is 3. The molecule has 0 radical (unpaired) electrons. The first-order valence-corrected chi connectivity index (χ1v) is 9.31. The van der Waals surface area contributed by atoms with Gasteiger partial charge >= 0.3 is 0 Å². The summed E-state index contributed by atoms with van der Waals surface area (Å²) in [6, 6.07) is 13.6. The van der Waals surface area contributed by atoms with Gasteiger partial charge in [-0.25, -0.2) is 4.98 Å². The van der Waals surface area contributed by atoms with Gasteiger partial charge in [0.15, 0.2) is 0 Å². The van der Waals surface area contributed by atoms with Crippen molar-refractivity contribution < 1.29 is 5.11 Å². The van der Waals surface area contributed by atoms with Gasteiger partial charge in [-0.3, -0.25) is 9.36 Å². The van der Waals surface area contributed by atoms with E-state index in [0.29, 0.717) is 35.1 Å². The van der Waals surface area contributed by atoms with Crippen LogP contribution in [0.5, 0.6) is 0 Å². The maximum absolute atomic E-state index is 13.2. The second-order valence-corrected chi connectivity index (χ2v) is 7.24. The molecule has 0 saturated carbocycles. The molecular formula is C22H23ClN2O2. The largest absolute Gasteiger partial charge is 0.396 e. The zero-order valence-electron chi connectivity index (χ0n) is 15.8. The van der Waals surface area contributed by atoms with Crippen molar-refractivity contribution in [3.63, 3.8) is 0 Å². The van der Waals surface area contributed by atoms with Crippen LogP contribution in [-0.4, -0.2) is 21.3 Å².